The zero-order valence-electron chi connectivity index (χ0n) is 9.96. The van der Waals surface area contributed by atoms with Crippen LogP contribution in [0.4, 0.5) is 0 Å². The van der Waals surface area contributed by atoms with Crippen LogP contribution in [-0.2, 0) is 14.3 Å². The van der Waals surface area contributed by atoms with Crippen molar-refractivity contribution >= 4 is 13.9 Å². The number of rotatable bonds is 3. The standard InChI is InChI=1S/C11H18O3Si/c1-13-11(14-2)7-6-9(12)8-10(11)15(3,4)5/h6-8H,1-5H3. The fourth-order valence-electron chi connectivity index (χ4n) is 1.75. The van der Waals surface area contributed by atoms with Gasteiger partial charge in [0, 0.05) is 14.2 Å². The summed E-state index contributed by atoms with van der Waals surface area (Å²) in [6.07, 6.45) is 4.85. The molecule has 1 aliphatic carbocycles. The molecule has 0 aliphatic heterocycles. The highest BCUT2D eigenvalue weighted by Gasteiger charge is 2.41. The molecule has 1 rings (SSSR count). The van der Waals surface area contributed by atoms with Crippen LogP contribution < -0.4 is 0 Å². The summed E-state index contributed by atoms with van der Waals surface area (Å²) in [7, 11) is 1.55. The molecule has 15 heavy (non-hydrogen) atoms. The number of ketones is 1. The fraction of sp³-hybridized carbons (Fsp3) is 0.545. The molecule has 0 fully saturated rings. The third-order valence-corrected chi connectivity index (χ3v) is 4.65. The second kappa shape index (κ2) is 4.04. The van der Waals surface area contributed by atoms with E-state index >= 15 is 0 Å². The lowest BCUT2D eigenvalue weighted by molar-refractivity contribution is -0.140. The van der Waals surface area contributed by atoms with E-state index in [0.29, 0.717) is 0 Å². The van der Waals surface area contributed by atoms with Crippen LogP contribution in [0.2, 0.25) is 19.6 Å². The summed E-state index contributed by atoms with van der Waals surface area (Å²) in [4.78, 5) is 11.4. The van der Waals surface area contributed by atoms with Gasteiger partial charge in [-0.3, -0.25) is 4.79 Å². The van der Waals surface area contributed by atoms with Crippen molar-refractivity contribution in [2.24, 2.45) is 0 Å². The van der Waals surface area contributed by atoms with E-state index in [2.05, 4.69) is 19.6 Å². The Kier molecular flexibility index (Phi) is 3.33. The van der Waals surface area contributed by atoms with Gasteiger partial charge < -0.3 is 9.47 Å². The van der Waals surface area contributed by atoms with Crippen molar-refractivity contribution in [3.8, 4) is 0 Å². The van der Waals surface area contributed by atoms with E-state index < -0.39 is 13.9 Å². The van der Waals surface area contributed by atoms with E-state index in [0.717, 1.165) is 5.20 Å². The van der Waals surface area contributed by atoms with Crippen molar-refractivity contribution in [2.45, 2.75) is 25.4 Å². The molecule has 0 N–H and O–H groups in total. The molecule has 0 aromatic heterocycles. The second-order valence-electron chi connectivity index (χ2n) is 4.62. The molecule has 0 amide bonds. The quantitative estimate of drug-likeness (QED) is 0.545. The lowest BCUT2D eigenvalue weighted by atomic mass is 10.1. The maximum absolute atomic E-state index is 11.4. The van der Waals surface area contributed by atoms with Gasteiger partial charge in [-0.05, 0) is 23.4 Å². The third-order valence-electron chi connectivity index (χ3n) is 2.54. The number of allylic oxidation sites excluding steroid dienone is 2. The molecular formula is C11H18O3Si. The van der Waals surface area contributed by atoms with Gasteiger partial charge in [-0.1, -0.05) is 19.6 Å². The first kappa shape index (κ1) is 12.4. The fourth-order valence-corrected chi connectivity index (χ4v) is 3.66. The summed E-state index contributed by atoms with van der Waals surface area (Å²) in [5.74, 6) is -0.824. The van der Waals surface area contributed by atoms with Gasteiger partial charge >= 0.3 is 0 Å². The summed E-state index contributed by atoms with van der Waals surface area (Å²) in [6.45, 7) is 6.49. The minimum atomic E-state index is -1.64. The first-order chi connectivity index (χ1) is 6.85. The topological polar surface area (TPSA) is 35.5 Å². The van der Waals surface area contributed by atoms with E-state index in [1.807, 2.05) is 0 Å². The van der Waals surface area contributed by atoms with Gasteiger partial charge in [0.05, 0.1) is 8.07 Å². The number of ether oxygens (including phenoxy) is 2. The summed E-state index contributed by atoms with van der Waals surface area (Å²) >= 11 is 0. The van der Waals surface area contributed by atoms with Crippen molar-refractivity contribution in [3.05, 3.63) is 23.4 Å². The Morgan fingerprint density at radius 2 is 1.73 bits per heavy atom. The zero-order chi connectivity index (χ0) is 11.7. The molecule has 0 atom stereocenters. The lowest BCUT2D eigenvalue weighted by Gasteiger charge is -2.37. The summed E-state index contributed by atoms with van der Waals surface area (Å²) in [5.41, 5.74) is 0. The van der Waals surface area contributed by atoms with Crippen LogP contribution in [0.1, 0.15) is 0 Å². The Bertz CT molecular complexity index is 319. The highest BCUT2D eigenvalue weighted by Crippen LogP contribution is 2.33. The van der Waals surface area contributed by atoms with Crippen LogP contribution in [0.3, 0.4) is 0 Å². The zero-order valence-corrected chi connectivity index (χ0v) is 11.0. The summed E-state index contributed by atoms with van der Waals surface area (Å²) in [5, 5.41) is 0.979. The number of carbonyl (C=O) groups excluding carboxylic acids is 1. The van der Waals surface area contributed by atoms with Crippen LogP contribution in [0.5, 0.6) is 0 Å². The minimum absolute atomic E-state index is 0.0112. The Labute approximate surface area is 91.8 Å². The summed E-state index contributed by atoms with van der Waals surface area (Å²) < 4.78 is 10.8. The van der Waals surface area contributed by atoms with Crippen LogP contribution in [0.15, 0.2) is 23.4 Å². The van der Waals surface area contributed by atoms with Crippen LogP contribution >= 0.6 is 0 Å². The number of hydrogen-bond acceptors (Lipinski definition) is 3. The van der Waals surface area contributed by atoms with E-state index in [9.17, 15) is 4.79 Å². The first-order valence-electron chi connectivity index (χ1n) is 4.92. The third kappa shape index (κ3) is 2.27. The van der Waals surface area contributed by atoms with Crippen molar-refractivity contribution in [1.29, 1.82) is 0 Å². The largest absolute Gasteiger partial charge is 0.347 e. The lowest BCUT2D eigenvalue weighted by Crippen LogP contribution is -2.46. The molecule has 0 spiro atoms. The summed E-state index contributed by atoms with van der Waals surface area (Å²) in [6, 6.07) is 0. The van der Waals surface area contributed by atoms with Crippen molar-refractivity contribution in [2.75, 3.05) is 14.2 Å². The van der Waals surface area contributed by atoms with Crippen LogP contribution in [0.25, 0.3) is 0 Å². The van der Waals surface area contributed by atoms with Gasteiger partial charge in [0.25, 0.3) is 0 Å². The van der Waals surface area contributed by atoms with Gasteiger partial charge in [-0.2, -0.15) is 0 Å². The molecule has 0 heterocycles. The average molecular weight is 226 g/mol. The normalized spacial score (nSPS) is 20.3. The van der Waals surface area contributed by atoms with E-state index in [4.69, 9.17) is 9.47 Å². The monoisotopic (exact) mass is 226 g/mol. The Morgan fingerprint density at radius 1 is 1.20 bits per heavy atom. The predicted molar refractivity (Wildman–Crippen MR) is 62.3 cm³/mol. The maximum atomic E-state index is 11.4. The Hall–Kier alpha value is -0.713. The van der Waals surface area contributed by atoms with Crippen molar-refractivity contribution < 1.29 is 14.3 Å². The molecule has 0 saturated heterocycles. The maximum Gasteiger partial charge on any atom is 0.207 e. The molecule has 84 valence electrons. The molecule has 0 bridgehead atoms. The minimum Gasteiger partial charge on any atom is -0.347 e. The number of hydrogen-bond donors (Lipinski definition) is 0. The predicted octanol–water partition coefficient (Wildman–Crippen LogP) is 1.92. The van der Waals surface area contributed by atoms with Gasteiger partial charge in [0.1, 0.15) is 0 Å². The first-order valence-corrected chi connectivity index (χ1v) is 8.42. The number of methoxy groups -OCH3 is 2. The van der Waals surface area contributed by atoms with E-state index in [1.165, 1.54) is 6.08 Å². The Balaban J connectivity index is 3.23. The van der Waals surface area contributed by atoms with Crippen LogP contribution in [0, 0.1) is 0 Å². The van der Waals surface area contributed by atoms with E-state index in [1.54, 1.807) is 26.4 Å². The smallest absolute Gasteiger partial charge is 0.207 e. The number of carbonyl (C=O) groups is 1. The highest BCUT2D eigenvalue weighted by molar-refractivity contribution is 6.83. The average Bonchev–Trinajstić information content (AvgIpc) is 2.17. The van der Waals surface area contributed by atoms with E-state index in [-0.39, 0.29) is 5.78 Å². The molecule has 0 saturated carbocycles. The Morgan fingerprint density at radius 3 is 2.13 bits per heavy atom. The molecule has 0 aromatic rings. The van der Waals surface area contributed by atoms with Gasteiger partial charge in [-0.15, -0.1) is 0 Å². The van der Waals surface area contributed by atoms with Crippen molar-refractivity contribution in [3.63, 3.8) is 0 Å². The molecule has 3 nitrogen and oxygen atoms in total. The van der Waals surface area contributed by atoms with Gasteiger partial charge in [0.15, 0.2) is 5.78 Å². The molecule has 0 unspecified atom stereocenters. The van der Waals surface area contributed by atoms with Gasteiger partial charge in [0.2, 0.25) is 5.79 Å². The molecule has 0 radical (unpaired) electrons. The van der Waals surface area contributed by atoms with Gasteiger partial charge in [-0.25, -0.2) is 0 Å². The highest BCUT2D eigenvalue weighted by atomic mass is 28.3. The van der Waals surface area contributed by atoms with Crippen LogP contribution in [-0.4, -0.2) is 33.9 Å². The molecule has 4 heteroatoms. The van der Waals surface area contributed by atoms with Crippen molar-refractivity contribution in [1.82, 2.24) is 0 Å². The SMILES string of the molecule is COC1(OC)C=CC(=O)C=C1[Si](C)(C)C. The molecule has 1 aliphatic rings. The molecule has 0 aromatic carbocycles. The molecular weight excluding hydrogens is 208 g/mol. The second-order valence-corrected chi connectivity index (χ2v) is 9.66.